The van der Waals surface area contributed by atoms with E-state index in [4.69, 9.17) is 11.6 Å². The molecule has 1 aliphatic heterocycles. The maximum absolute atomic E-state index is 13.3. The van der Waals surface area contributed by atoms with E-state index in [1.807, 2.05) is 24.3 Å². The number of rotatable bonds is 6. The molecule has 1 aliphatic rings. The van der Waals surface area contributed by atoms with Crippen LogP contribution in [0, 0.1) is 5.82 Å². The summed E-state index contributed by atoms with van der Waals surface area (Å²) in [5.41, 5.74) is 5.23. The van der Waals surface area contributed by atoms with Crippen LogP contribution in [0.5, 0.6) is 0 Å². The summed E-state index contributed by atoms with van der Waals surface area (Å²) in [4.78, 5) is 3.10. The lowest BCUT2D eigenvalue weighted by Gasteiger charge is -2.25. The molecule has 1 fully saturated rings. The zero-order chi connectivity index (χ0) is 20.2. The van der Waals surface area contributed by atoms with Gasteiger partial charge in [0.15, 0.2) is 0 Å². The fourth-order valence-electron chi connectivity index (χ4n) is 4.43. The van der Waals surface area contributed by atoms with E-state index in [0.29, 0.717) is 6.17 Å². The monoisotopic (exact) mass is 410 g/mol. The van der Waals surface area contributed by atoms with Crippen LogP contribution >= 0.6 is 11.6 Å². The number of nitrogens with one attached hydrogen (secondary N) is 2. The largest absolute Gasteiger partial charge is 0.274 e. The second kappa shape index (κ2) is 9.08. The Hall–Kier alpha value is -2.20. The first-order chi connectivity index (χ1) is 14.1. The van der Waals surface area contributed by atoms with Gasteiger partial charge in [-0.25, -0.2) is 4.39 Å². The summed E-state index contributed by atoms with van der Waals surface area (Å²) in [5.74, 6) is -0.174. The molecule has 0 radical (unpaired) electrons. The first kappa shape index (κ1) is 20.1. The Morgan fingerprint density at radius 1 is 0.759 bits per heavy atom. The van der Waals surface area contributed by atoms with E-state index in [1.165, 1.54) is 27.2 Å². The fraction of sp³-hybridized carbons (Fsp3) is 0.280. The molecular formula is C25H28ClFN2+2. The van der Waals surface area contributed by atoms with Crippen molar-refractivity contribution in [2.24, 2.45) is 0 Å². The summed E-state index contributed by atoms with van der Waals surface area (Å²) in [5, 5.41) is 0.778. The standard InChI is InChI=1S/C25H26ClFN2/c1-2-19-3-9-22(10-4-19)25-28(17-20-5-11-23(26)12-6-20)15-16-29(25)18-21-7-13-24(27)14-8-21/h3-14,25H,2,15-18H2,1H3/p+2. The predicted octanol–water partition coefficient (Wildman–Crippen LogP) is 3.22. The number of halogens is 2. The zero-order valence-electron chi connectivity index (χ0n) is 16.8. The number of aryl methyl sites for hydroxylation is 1. The van der Waals surface area contributed by atoms with Crippen molar-refractivity contribution in [3.63, 3.8) is 0 Å². The van der Waals surface area contributed by atoms with Crippen LogP contribution in [0.4, 0.5) is 4.39 Å². The SMILES string of the molecule is CCc1ccc(C2[NH+](Cc3ccc(F)cc3)CC[NH+]2Cc2ccc(Cl)cc2)cc1. The summed E-state index contributed by atoms with van der Waals surface area (Å²) in [6.07, 6.45) is 1.42. The lowest BCUT2D eigenvalue weighted by molar-refractivity contribution is -1.09. The van der Waals surface area contributed by atoms with Crippen LogP contribution < -0.4 is 9.80 Å². The molecule has 3 atom stereocenters. The van der Waals surface area contributed by atoms with Crippen LogP contribution in [-0.2, 0) is 19.5 Å². The first-order valence-electron chi connectivity index (χ1n) is 10.4. The second-order valence-electron chi connectivity index (χ2n) is 7.95. The summed E-state index contributed by atoms with van der Waals surface area (Å²) in [6.45, 7) is 6.28. The van der Waals surface area contributed by atoms with Gasteiger partial charge in [0.2, 0.25) is 6.17 Å². The predicted molar refractivity (Wildman–Crippen MR) is 115 cm³/mol. The van der Waals surface area contributed by atoms with Gasteiger partial charge in [0.25, 0.3) is 0 Å². The third kappa shape index (κ3) is 4.87. The van der Waals surface area contributed by atoms with Crippen molar-refractivity contribution in [3.8, 4) is 0 Å². The summed E-state index contributed by atoms with van der Waals surface area (Å²) >= 11 is 6.07. The van der Waals surface area contributed by atoms with Crippen LogP contribution in [0.1, 0.15) is 35.3 Å². The molecule has 3 aromatic rings. The summed E-state index contributed by atoms with van der Waals surface area (Å²) in [7, 11) is 0. The molecule has 0 aliphatic carbocycles. The maximum atomic E-state index is 13.3. The van der Waals surface area contributed by atoms with E-state index >= 15 is 0 Å². The zero-order valence-corrected chi connectivity index (χ0v) is 17.6. The topological polar surface area (TPSA) is 8.88 Å². The van der Waals surface area contributed by atoms with Crippen molar-refractivity contribution in [1.29, 1.82) is 0 Å². The molecule has 3 unspecified atom stereocenters. The second-order valence-corrected chi connectivity index (χ2v) is 8.39. The average molecular weight is 411 g/mol. The van der Waals surface area contributed by atoms with Gasteiger partial charge in [-0.2, -0.15) is 0 Å². The molecule has 2 nitrogen and oxygen atoms in total. The molecule has 0 bridgehead atoms. The third-order valence-electron chi connectivity index (χ3n) is 5.99. The summed E-state index contributed by atoms with van der Waals surface area (Å²) < 4.78 is 13.3. The Labute approximate surface area is 177 Å². The molecule has 0 saturated carbocycles. The van der Waals surface area contributed by atoms with Crippen LogP contribution in [0.15, 0.2) is 72.8 Å². The Morgan fingerprint density at radius 2 is 1.24 bits per heavy atom. The smallest absolute Gasteiger partial charge is 0.241 e. The molecule has 2 N–H and O–H groups in total. The van der Waals surface area contributed by atoms with Gasteiger partial charge in [-0.1, -0.05) is 54.9 Å². The van der Waals surface area contributed by atoms with Crippen molar-refractivity contribution in [2.75, 3.05) is 13.1 Å². The van der Waals surface area contributed by atoms with E-state index in [1.54, 1.807) is 17.0 Å². The van der Waals surface area contributed by atoms with Crippen LogP contribution in [0.3, 0.4) is 0 Å². The molecule has 1 saturated heterocycles. The van der Waals surface area contributed by atoms with Gasteiger partial charge in [-0.3, -0.25) is 9.80 Å². The van der Waals surface area contributed by atoms with Gasteiger partial charge in [0.1, 0.15) is 32.0 Å². The number of quaternary nitrogens is 2. The number of benzene rings is 3. The van der Waals surface area contributed by atoms with Crippen molar-refractivity contribution >= 4 is 11.6 Å². The van der Waals surface area contributed by atoms with Gasteiger partial charge >= 0.3 is 0 Å². The molecule has 4 rings (SSSR count). The lowest BCUT2D eigenvalue weighted by Crippen LogP contribution is -3.22. The fourth-order valence-corrected chi connectivity index (χ4v) is 4.55. The van der Waals surface area contributed by atoms with Crippen molar-refractivity contribution in [1.82, 2.24) is 0 Å². The van der Waals surface area contributed by atoms with Crippen molar-refractivity contribution < 1.29 is 14.2 Å². The van der Waals surface area contributed by atoms with E-state index in [2.05, 4.69) is 43.3 Å². The quantitative estimate of drug-likeness (QED) is 0.617. The highest BCUT2D eigenvalue weighted by atomic mass is 35.5. The van der Waals surface area contributed by atoms with Crippen molar-refractivity contribution in [2.45, 2.75) is 32.6 Å². The van der Waals surface area contributed by atoms with Gasteiger partial charge in [-0.05, 0) is 48.4 Å². The minimum atomic E-state index is -0.174. The normalized spacial score (nSPS) is 21.4. The highest BCUT2D eigenvalue weighted by Crippen LogP contribution is 2.13. The Morgan fingerprint density at radius 3 is 1.76 bits per heavy atom. The van der Waals surface area contributed by atoms with Gasteiger partial charge in [0, 0.05) is 16.1 Å². The van der Waals surface area contributed by atoms with E-state index in [9.17, 15) is 4.39 Å². The molecule has 0 spiro atoms. The van der Waals surface area contributed by atoms with Gasteiger partial charge < -0.3 is 0 Å². The Bertz CT molecular complexity index is 867. The minimum absolute atomic E-state index is 0.174. The maximum Gasteiger partial charge on any atom is 0.241 e. The molecule has 1 heterocycles. The summed E-state index contributed by atoms with van der Waals surface area (Å²) in [6, 6.07) is 24.3. The third-order valence-corrected chi connectivity index (χ3v) is 6.25. The van der Waals surface area contributed by atoms with E-state index in [-0.39, 0.29) is 5.82 Å². The van der Waals surface area contributed by atoms with Crippen LogP contribution in [0.2, 0.25) is 5.02 Å². The molecule has 0 aromatic heterocycles. The van der Waals surface area contributed by atoms with Crippen LogP contribution in [0.25, 0.3) is 0 Å². The first-order valence-corrected chi connectivity index (χ1v) is 10.8. The lowest BCUT2D eigenvalue weighted by atomic mass is 10.1. The molecular weight excluding hydrogens is 383 g/mol. The highest BCUT2D eigenvalue weighted by Gasteiger charge is 2.40. The van der Waals surface area contributed by atoms with Crippen molar-refractivity contribution in [3.05, 3.63) is 106 Å². The highest BCUT2D eigenvalue weighted by molar-refractivity contribution is 6.30. The molecule has 29 heavy (non-hydrogen) atoms. The van der Waals surface area contributed by atoms with E-state index < -0.39 is 0 Å². The average Bonchev–Trinajstić information content (AvgIpc) is 3.13. The van der Waals surface area contributed by atoms with Gasteiger partial charge in [0.05, 0.1) is 5.56 Å². The minimum Gasteiger partial charge on any atom is -0.274 e. The Balaban J connectivity index is 1.59. The van der Waals surface area contributed by atoms with E-state index in [0.717, 1.165) is 37.6 Å². The molecule has 150 valence electrons. The van der Waals surface area contributed by atoms with Gasteiger partial charge in [-0.15, -0.1) is 0 Å². The Kier molecular flexibility index (Phi) is 6.29. The molecule has 0 amide bonds. The molecule has 3 aromatic carbocycles. The number of hydrogen-bond acceptors (Lipinski definition) is 0. The number of hydrogen-bond donors (Lipinski definition) is 2. The van der Waals surface area contributed by atoms with Crippen LogP contribution in [-0.4, -0.2) is 13.1 Å². The molecule has 4 heteroatoms.